The molecule has 0 spiro atoms. The number of rotatable bonds is 5. The van der Waals surface area contributed by atoms with Crippen LogP contribution in [0.25, 0.3) is 0 Å². The third kappa shape index (κ3) is 4.43. The van der Waals surface area contributed by atoms with E-state index in [0.29, 0.717) is 6.42 Å². The molecular weight excluding hydrogens is 158 g/mol. The normalized spacial score (nSPS) is 13.9. The van der Waals surface area contributed by atoms with Gasteiger partial charge in [0, 0.05) is 5.92 Å². The quantitative estimate of drug-likeness (QED) is 0.498. The molecule has 1 atom stereocenters. The fourth-order valence-electron chi connectivity index (χ4n) is 0.899. The number of nitrogens with two attached hydrogens (primary N) is 1. The van der Waals surface area contributed by atoms with E-state index >= 15 is 0 Å². The maximum Gasteiger partial charge on any atom is 0.152 e. The lowest BCUT2D eigenvalue weighted by Gasteiger charge is -2.13. The van der Waals surface area contributed by atoms with E-state index in [4.69, 9.17) is 15.9 Å². The van der Waals surface area contributed by atoms with Crippen molar-refractivity contribution in [3.8, 4) is 0 Å². The molecule has 0 aromatic heterocycles. The van der Waals surface area contributed by atoms with Crippen LogP contribution in [-0.2, 0) is 4.79 Å². The summed E-state index contributed by atoms with van der Waals surface area (Å²) in [5.74, 6) is -0.119. The van der Waals surface area contributed by atoms with Crippen molar-refractivity contribution in [2.24, 2.45) is 11.7 Å². The summed E-state index contributed by atoms with van der Waals surface area (Å²) < 4.78 is 0. The molecule has 0 aliphatic carbocycles. The largest absolute Gasteiger partial charge is 0.368 e. The number of hydrogen-bond acceptors (Lipinski definition) is 4. The molecule has 0 aliphatic rings. The van der Waals surface area contributed by atoms with Gasteiger partial charge < -0.3 is 15.9 Å². The maximum absolute atomic E-state index is 11.2. The molecule has 0 aromatic rings. The van der Waals surface area contributed by atoms with Gasteiger partial charge in [-0.25, -0.2) is 0 Å². The van der Waals surface area contributed by atoms with Crippen molar-refractivity contribution in [2.75, 3.05) is 0 Å². The van der Waals surface area contributed by atoms with Gasteiger partial charge in [0.25, 0.3) is 0 Å². The number of carbonyl (C=O) groups is 1. The highest BCUT2D eigenvalue weighted by Crippen LogP contribution is 2.04. The number of aliphatic hydroxyl groups excluding tert-OH is 1. The van der Waals surface area contributed by atoms with Crippen LogP contribution in [0.4, 0.5) is 0 Å². The Morgan fingerprint density at radius 1 is 1.33 bits per heavy atom. The zero-order chi connectivity index (χ0) is 9.72. The van der Waals surface area contributed by atoms with E-state index in [9.17, 15) is 4.79 Å². The summed E-state index contributed by atoms with van der Waals surface area (Å²) in [7, 11) is 0. The van der Waals surface area contributed by atoms with E-state index in [0.717, 1.165) is 0 Å². The number of aliphatic hydroxyl groups is 2. The minimum absolute atomic E-state index is 0.0318. The molecule has 12 heavy (non-hydrogen) atoms. The summed E-state index contributed by atoms with van der Waals surface area (Å²) >= 11 is 0. The van der Waals surface area contributed by atoms with E-state index in [1.165, 1.54) is 0 Å². The molecule has 0 fully saturated rings. The van der Waals surface area contributed by atoms with Crippen LogP contribution in [0.5, 0.6) is 0 Å². The van der Waals surface area contributed by atoms with Gasteiger partial charge in [-0.05, 0) is 12.8 Å². The zero-order valence-electron chi connectivity index (χ0n) is 7.53. The van der Waals surface area contributed by atoms with Gasteiger partial charge in [0.2, 0.25) is 0 Å². The van der Waals surface area contributed by atoms with Crippen molar-refractivity contribution in [3.05, 3.63) is 0 Å². The summed E-state index contributed by atoms with van der Waals surface area (Å²) in [6.07, 6.45) is -0.884. The minimum Gasteiger partial charge on any atom is -0.368 e. The first-order valence-electron chi connectivity index (χ1n) is 4.10. The maximum atomic E-state index is 11.2. The number of carbonyl (C=O) groups excluding carboxylic acids is 1. The fraction of sp³-hybridized carbons (Fsp3) is 0.875. The first-order valence-corrected chi connectivity index (χ1v) is 4.10. The van der Waals surface area contributed by atoms with Gasteiger partial charge in [0.1, 0.15) is 0 Å². The van der Waals surface area contributed by atoms with Crippen LogP contribution in [0, 0.1) is 5.92 Å². The molecule has 0 amide bonds. The van der Waals surface area contributed by atoms with E-state index in [2.05, 4.69) is 0 Å². The molecule has 0 bridgehead atoms. The molecule has 0 aliphatic heterocycles. The second kappa shape index (κ2) is 5.24. The van der Waals surface area contributed by atoms with Crippen molar-refractivity contribution in [2.45, 2.75) is 39.0 Å². The SMILES string of the molecule is CC(C)C(=O)[C@H](N)CCC(O)O. The Balaban J connectivity index is 3.72. The average Bonchev–Trinajstić information content (AvgIpc) is 1.98. The van der Waals surface area contributed by atoms with Gasteiger partial charge in [-0.15, -0.1) is 0 Å². The second-order valence-electron chi connectivity index (χ2n) is 3.22. The van der Waals surface area contributed by atoms with Gasteiger partial charge in [-0.2, -0.15) is 0 Å². The second-order valence-corrected chi connectivity index (χ2v) is 3.22. The minimum atomic E-state index is -1.36. The third-order valence-electron chi connectivity index (χ3n) is 1.67. The van der Waals surface area contributed by atoms with Crippen LogP contribution in [0.1, 0.15) is 26.7 Å². The monoisotopic (exact) mass is 175 g/mol. The van der Waals surface area contributed by atoms with Crippen molar-refractivity contribution in [3.63, 3.8) is 0 Å². The highest BCUT2D eigenvalue weighted by molar-refractivity contribution is 5.85. The van der Waals surface area contributed by atoms with Crippen LogP contribution >= 0.6 is 0 Å². The Morgan fingerprint density at radius 2 is 1.83 bits per heavy atom. The Morgan fingerprint density at radius 3 is 2.17 bits per heavy atom. The predicted octanol–water partition coefficient (Wildman–Crippen LogP) is -0.370. The molecule has 4 nitrogen and oxygen atoms in total. The van der Waals surface area contributed by atoms with Gasteiger partial charge in [-0.3, -0.25) is 4.79 Å². The van der Waals surface area contributed by atoms with Crippen molar-refractivity contribution < 1.29 is 15.0 Å². The molecular formula is C8H17NO3. The highest BCUT2D eigenvalue weighted by Gasteiger charge is 2.17. The Labute approximate surface area is 72.4 Å². The van der Waals surface area contributed by atoms with Gasteiger partial charge in [0.15, 0.2) is 12.1 Å². The smallest absolute Gasteiger partial charge is 0.152 e. The zero-order valence-corrected chi connectivity index (χ0v) is 7.53. The fourth-order valence-corrected chi connectivity index (χ4v) is 0.899. The lowest BCUT2D eigenvalue weighted by Crippen LogP contribution is -2.34. The number of hydrogen-bond donors (Lipinski definition) is 3. The first kappa shape index (κ1) is 11.6. The van der Waals surface area contributed by atoms with Crippen LogP contribution < -0.4 is 5.73 Å². The molecule has 0 radical (unpaired) electrons. The molecule has 0 saturated carbocycles. The average molecular weight is 175 g/mol. The molecule has 0 heterocycles. The molecule has 4 N–H and O–H groups in total. The van der Waals surface area contributed by atoms with E-state index in [-0.39, 0.29) is 18.1 Å². The summed E-state index contributed by atoms with van der Waals surface area (Å²) in [6.45, 7) is 3.55. The van der Waals surface area contributed by atoms with Crippen LogP contribution in [-0.4, -0.2) is 28.3 Å². The summed E-state index contributed by atoms with van der Waals surface area (Å²) in [5, 5.41) is 17.0. The van der Waals surface area contributed by atoms with Crippen molar-refractivity contribution >= 4 is 5.78 Å². The number of Topliss-reactive ketones (excluding diaryl/α,β-unsaturated/α-hetero) is 1. The van der Waals surface area contributed by atoms with Gasteiger partial charge >= 0.3 is 0 Å². The summed E-state index contributed by atoms with van der Waals surface area (Å²) in [5.41, 5.74) is 5.49. The summed E-state index contributed by atoms with van der Waals surface area (Å²) in [4.78, 5) is 11.2. The van der Waals surface area contributed by atoms with E-state index < -0.39 is 12.3 Å². The van der Waals surface area contributed by atoms with E-state index in [1.54, 1.807) is 13.8 Å². The lowest BCUT2D eigenvalue weighted by atomic mass is 9.99. The number of ketones is 1. The standard InChI is InChI=1S/C8H17NO3/c1-5(2)8(12)6(9)3-4-7(10)11/h5-7,10-11H,3-4,9H2,1-2H3/t6-/m1/s1. The third-order valence-corrected chi connectivity index (χ3v) is 1.67. The van der Waals surface area contributed by atoms with Gasteiger partial charge in [-0.1, -0.05) is 13.8 Å². The van der Waals surface area contributed by atoms with Gasteiger partial charge in [0.05, 0.1) is 6.04 Å². The topological polar surface area (TPSA) is 83.6 Å². The Bertz CT molecular complexity index is 145. The molecule has 0 saturated heterocycles. The van der Waals surface area contributed by atoms with Crippen LogP contribution in [0.3, 0.4) is 0 Å². The molecule has 4 heteroatoms. The van der Waals surface area contributed by atoms with Crippen molar-refractivity contribution in [1.82, 2.24) is 0 Å². The van der Waals surface area contributed by atoms with Crippen LogP contribution in [0.2, 0.25) is 0 Å². The molecule has 0 aromatic carbocycles. The van der Waals surface area contributed by atoms with Crippen molar-refractivity contribution in [1.29, 1.82) is 0 Å². The molecule has 0 rings (SSSR count). The highest BCUT2D eigenvalue weighted by atomic mass is 16.5. The first-order chi connectivity index (χ1) is 5.45. The molecule has 0 unspecified atom stereocenters. The Hall–Kier alpha value is -0.450. The molecule has 72 valence electrons. The Kier molecular flexibility index (Phi) is 5.04. The summed E-state index contributed by atoms with van der Waals surface area (Å²) in [6, 6.07) is -0.563. The predicted molar refractivity (Wildman–Crippen MR) is 45.3 cm³/mol. The van der Waals surface area contributed by atoms with E-state index in [1.807, 2.05) is 0 Å². The lowest BCUT2D eigenvalue weighted by molar-refractivity contribution is -0.123. The van der Waals surface area contributed by atoms with Crippen LogP contribution in [0.15, 0.2) is 0 Å².